The quantitative estimate of drug-likeness (QED) is 0.290. The van der Waals surface area contributed by atoms with Crippen LogP contribution in [0.3, 0.4) is 0 Å². The first-order valence-electron chi connectivity index (χ1n) is 10.4. The van der Waals surface area contributed by atoms with Crippen molar-refractivity contribution in [3.05, 3.63) is 35.9 Å². The van der Waals surface area contributed by atoms with E-state index in [0.717, 1.165) is 31.0 Å². The van der Waals surface area contributed by atoms with Gasteiger partial charge >= 0.3 is 5.97 Å². The van der Waals surface area contributed by atoms with Crippen LogP contribution in [-0.4, -0.2) is 32.6 Å². The second-order valence-electron chi connectivity index (χ2n) is 8.02. The molecule has 5 heteroatoms. The van der Waals surface area contributed by atoms with Gasteiger partial charge in [0.15, 0.2) is 8.32 Å². The van der Waals surface area contributed by atoms with Gasteiger partial charge in [-0.15, -0.1) is 0 Å². The third-order valence-electron chi connectivity index (χ3n) is 6.09. The van der Waals surface area contributed by atoms with Crippen LogP contribution in [0.1, 0.15) is 53.0 Å². The van der Waals surface area contributed by atoms with Crippen LogP contribution >= 0.6 is 0 Å². The van der Waals surface area contributed by atoms with Crippen molar-refractivity contribution >= 4 is 14.3 Å². The van der Waals surface area contributed by atoms with E-state index in [-0.39, 0.29) is 18.0 Å². The van der Waals surface area contributed by atoms with Gasteiger partial charge in [-0.25, -0.2) is 0 Å². The van der Waals surface area contributed by atoms with Crippen molar-refractivity contribution < 1.29 is 18.7 Å². The monoisotopic (exact) mass is 392 g/mol. The van der Waals surface area contributed by atoms with Crippen molar-refractivity contribution in [2.24, 2.45) is 5.92 Å². The number of hydrogen-bond acceptors (Lipinski definition) is 4. The molecule has 2 rings (SSSR count). The van der Waals surface area contributed by atoms with E-state index in [2.05, 4.69) is 32.9 Å². The van der Waals surface area contributed by atoms with Crippen LogP contribution in [0.5, 0.6) is 0 Å². The third kappa shape index (κ3) is 5.66. The van der Waals surface area contributed by atoms with Gasteiger partial charge in [-0.05, 0) is 37.0 Å². The molecule has 0 aromatic heterocycles. The van der Waals surface area contributed by atoms with E-state index in [0.29, 0.717) is 13.2 Å². The summed E-state index contributed by atoms with van der Waals surface area (Å²) in [5.41, 5.74) is 0.617. The summed E-state index contributed by atoms with van der Waals surface area (Å²) in [6, 6.07) is 13.4. The number of esters is 1. The molecule has 4 nitrogen and oxygen atoms in total. The molecule has 1 fully saturated rings. The summed E-state index contributed by atoms with van der Waals surface area (Å²) in [5.74, 6) is -0.166. The molecule has 27 heavy (non-hydrogen) atoms. The maximum absolute atomic E-state index is 12.1. The van der Waals surface area contributed by atoms with Gasteiger partial charge in [0.05, 0.1) is 18.6 Å². The molecule has 1 saturated heterocycles. The van der Waals surface area contributed by atoms with Crippen LogP contribution in [0.25, 0.3) is 0 Å². The predicted octanol–water partition coefficient (Wildman–Crippen LogP) is 5.33. The van der Waals surface area contributed by atoms with Crippen molar-refractivity contribution in [2.45, 2.75) is 83.9 Å². The SMILES string of the molecule is CC[Si](CC)(CC)O[C@H](CCOCc1ccccc1)[C@@]1(C)C[C@@H](C)C(=O)O1. The number of hydrogen-bond donors (Lipinski definition) is 0. The summed E-state index contributed by atoms with van der Waals surface area (Å²) in [7, 11) is -1.81. The molecule has 1 aliphatic rings. The van der Waals surface area contributed by atoms with E-state index in [1.54, 1.807) is 0 Å². The number of cyclic esters (lactones) is 1. The second kappa shape index (κ2) is 9.85. The van der Waals surface area contributed by atoms with Gasteiger partial charge in [0.1, 0.15) is 5.60 Å². The minimum Gasteiger partial charge on any atom is -0.456 e. The van der Waals surface area contributed by atoms with E-state index in [4.69, 9.17) is 13.9 Å². The van der Waals surface area contributed by atoms with E-state index >= 15 is 0 Å². The van der Waals surface area contributed by atoms with Crippen LogP contribution in [0.4, 0.5) is 0 Å². The Labute approximate surface area is 165 Å². The van der Waals surface area contributed by atoms with Crippen LogP contribution in [0.2, 0.25) is 18.1 Å². The van der Waals surface area contributed by atoms with Gasteiger partial charge in [-0.2, -0.15) is 0 Å². The van der Waals surface area contributed by atoms with E-state index in [1.165, 1.54) is 5.56 Å². The Balaban J connectivity index is 2.04. The first kappa shape index (κ1) is 22.1. The number of carbonyl (C=O) groups excluding carboxylic acids is 1. The summed E-state index contributed by atoms with van der Waals surface area (Å²) in [6.07, 6.45) is 1.36. The van der Waals surface area contributed by atoms with Gasteiger partial charge in [0.2, 0.25) is 0 Å². The van der Waals surface area contributed by atoms with Crippen molar-refractivity contribution in [3.63, 3.8) is 0 Å². The van der Waals surface area contributed by atoms with Gasteiger partial charge in [0, 0.05) is 13.0 Å². The average Bonchev–Trinajstić information content (AvgIpc) is 2.95. The molecule has 0 N–H and O–H groups in total. The highest BCUT2D eigenvalue weighted by atomic mass is 28.4. The van der Waals surface area contributed by atoms with Crippen LogP contribution in [-0.2, 0) is 25.3 Å². The lowest BCUT2D eigenvalue weighted by Gasteiger charge is -2.40. The zero-order valence-electron chi connectivity index (χ0n) is 17.6. The van der Waals surface area contributed by atoms with Crippen molar-refractivity contribution in [1.29, 1.82) is 0 Å². The summed E-state index contributed by atoms with van der Waals surface area (Å²) in [6.45, 7) is 11.9. The molecule has 152 valence electrons. The maximum atomic E-state index is 12.1. The van der Waals surface area contributed by atoms with Gasteiger partial charge in [0.25, 0.3) is 0 Å². The number of ether oxygens (including phenoxy) is 2. The average molecular weight is 393 g/mol. The largest absolute Gasteiger partial charge is 0.456 e. The Morgan fingerprint density at radius 3 is 2.33 bits per heavy atom. The van der Waals surface area contributed by atoms with E-state index in [9.17, 15) is 4.79 Å². The lowest BCUT2D eigenvalue weighted by atomic mass is 9.90. The lowest BCUT2D eigenvalue weighted by Crippen LogP contribution is -2.50. The predicted molar refractivity (Wildman–Crippen MR) is 111 cm³/mol. The standard InChI is InChI=1S/C22H36O4Si/c1-6-27(7-2,8-3)26-20(22(5)16-18(4)21(23)25-22)14-15-24-17-19-12-10-9-11-13-19/h9-13,18,20H,6-8,14-17H2,1-5H3/t18-,20-,22-/m1/s1. The molecule has 3 atom stereocenters. The number of benzene rings is 1. The Morgan fingerprint density at radius 1 is 1.19 bits per heavy atom. The molecule has 1 aromatic carbocycles. The van der Waals surface area contributed by atoms with Crippen molar-refractivity contribution in [2.75, 3.05) is 6.61 Å². The molecule has 1 aromatic rings. The molecule has 1 aliphatic heterocycles. The Kier molecular flexibility index (Phi) is 8.07. The van der Waals surface area contributed by atoms with Gasteiger partial charge < -0.3 is 13.9 Å². The van der Waals surface area contributed by atoms with Crippen LogP contribution in [0.15, 0.2) is 30.3 Å². The smallest absolute Gasteiger partial charge is 0.309 e. The minimum absolute atomic E-state index is 0.0627. The number of carbonyl (C=O) groups is 1. The molecule has 0 bridgehead atoms. The molecule has 0 amide bonds. The molecular weight excluding hydrogens is 356 g/mol. The fraction of sp³-hybridized carbons (Fsp3) is 0.682. The highest BCUT2D eigenvalue weighted by Gasteiger charge is 2.49. The first-order chi connectivity index (χ1) is 12.9. The Hall–Kier alpha value is -1.17. The molecule has 0 spiro atoms. The lowest BCUT2D eigenvalue weighted by molar-refractivity contribution is -0.157. The van der Waals surface area contributed by atoms with Crippen LogP contribution < -0.4 is 0 Å². The Morgan fingerprint density at radius 2 is 1.81 bits per heavy atom. The normalized spacial score (nSPS) is 24.0. The molecule has 0 saturated carbocycles. The summed E-state index contributed by atoms with van der Waals surface area (Å²) < 4.78 is 18.5. The number of rotatable bonds is 11. The molecule has 0 radical (unpaired) electrons. The minimum atomic E-state index is -1.81. The van der Waals surface area contributed by atoms with Gasteiger partial charge in [-0.3, -0.25) is 4.79 Å². The topological polar surface area (TPSA) is 44.8 Å². The fourth-order valence-corrected chi connectivity index (χ4v) is 6.98. The third-order valence-corrected chi connectivity index (χ3v) is 10.7. The maximum Gasteiger partial charge on any atom is 0.309 e. The van der Waals surface area contributed by atoms with E-state index < -0.39 is 13.9 Å². The highest BCUT2D eigenvalue weighted by Crippen LogP contribution is 2.39. The summed E-state index contributed by atoms with van der Waals surface area (Å²) >= 11 is 0. The van der Waals surface area contributed by atoms with Crippen LogP contribution in [0, 0.1) is 5.92 Å². The summed E-state index contributed by atoms with van der Waals surface area (Å²) in [4.78, 5) is 12.1. The Bertz CT molecular complexity index is 579. The fourth-order valence-electron chi connectivity index (χ4n) is 4.01. The molecule has 0 aliphatic carbocycles. The zero-order valence-corrected chi connectivity index (χ0v) is 18.6. The van der Waals surface area contributed by atoms with E-state index in [1.807, 2.05) is 32.0 Å². The van der Waals surface area contributed by atoms with Crippen molar-refractivity contribution in [3.8, 4) is 0 Å². The molecule has 1 heterocycles. The second-order valence-corrected chi connectivity index (χ2v) is 12.7. The zero-order chi connectivity index (χ0) is 19.9. The van der Waals surface area contributed by atoms with Gasteiger partial charge in [-0.1, -0.05) is 58.0 Å². The summed E-state index contributed by atoms with van der Waals surface area (Å²) in [5, 5.41) is 0. The molecular formula is C22H36O4Si. The highest BCUT2D eigenvalue weighted by molar-refractivity contribution is 6.73. The molecule has 0 unspecified atom stereocenters. The van der Waals surface area contributed by atoms with Crippen molar-refractivity contribution in [1.82, 2.24) is 0 Å². The first-order valence-corrected chi connectivity index (χ1v) is 12.9.